The third kappa shape index (κ3) is 7.59. The van der Waals surface area contributed by atoms with Crippen molar-refractivity contribution in [3.05, 3.63) is 95.6 Å². The monoisotopic (exact) mass is 500 g/mol. The number of carbonyl (C=O) groups is 2. The Balaban J connectivity index is 1.59. The van der Waals surface area contributed by atoms with Crippen molar-refractivity contribution in [2.45, 2.75) is 58.2 Å². The number of nitrogens with zero attached hydrogens (tertiary/aromatic N) is 1. The lowest BCUT2D eigenvalue weighted by Crippen LogP contribution is -2.54. The number of benzene rings is 3. The maximum atomic E-state index is 13.8. The van der Waals surface area contributed by atoms with Crippen LogP contribution in [-0.4, -0.2) is 41.5 Å². The van der Waals surface area contributed by atoms with Crippen molar-refractivity contribution in [3.8, 4) is 11.5 Å². The second-order valence-electron chi connectivity index (χ2n) is 10.4. The van der Waals surface area contributed by atoms with Gasteiger partial charge in [-0.25, -0.2) is 0 Å². The molecule has 4 rings (SSSR count). The fraction of sp³-hybridized carbons (Fsp3) is 0.355. The fourth-order valence-corrected chi connectivity index (χ4v) is 4.43. The van der Waals surface area contributed by atoms with Crippen LogP contribution >= 0.6 is 0 Å². The van der Waals surface area contributed by atoms with Gasteiger partial charge in [0.2, 0.25) is 11.8 Å². The number of carbonyl (C=O) groups excluding carboxylic acids is 2. The van der Waals surface area contributed by atoms with Gasteiger partial charge in [-0.1, -0.05) is 66.7 Å². The van der Waals surface area contributed by atoms with Crippen molar-refractivity contribution >= 4 is 11.8 Å². The molecule has 194 valence electrons. The van der Waals surface area contributed by atoms with Crippen molar-refractivity contribution in [2.75, 3.05) is 13.2 Å². The normalized spacial score (nSPS) is 13.5. The molecule has 1 aliphatic heterocycles. The summed E-state index contributed by atoms with van der Waals surface area (Å²) in [6.07, 6.45) is 1.26. The third-order valence-corrected chi connectivity index (χ3v) is 6.20. The van der Waals surface area contributed by atoms with Gasteiger partial charge >= 0.3 is 0 Å². The van der Waals surface area contributed by atoms with Gasteiger partial charge in [0.1, 0.15) is 19.3 Å². The summed E-state index contributed by atoms with van der Waals surface area (Å²) in [7, 11) is 0. The summed E-state index contributed by atoms with van der Waals surface area (Å²) in [5.41, 5.74) is 2.57. The van der Waals surface area contributed by atoms with E-state index in [1.807, 2.05) is 99.6 Å². The SMILES string of the molecule is CC(C)(C)NC(=O)[C@H](Cc1ccccc1)N(Cc1ccccc1)C(=O)CCc1ccc2c(c1)OCCO2. The van der Waals surface area contributed by atoms with E-state index in [1.54, 1.807) is 4.90 Å². The highest BCUT2D eigenvalue weighted by molar-refractivity contribution is 5.88. The maximum absolute atomic E-state index is 13.8. The number of ether oxygens (including phenoxy) is 2. The molecule has 3 aromatic carbocycles. The molecule has 0 spiro atoms. The van der Waals surface area contributed by atoms with E-state index < -0.39 is 11.6 Å². The highest BCUT2D eigenvalue weighted by atomic mass is 16.6. The molecule has 0 aliphatic carbocycles. The van der Waals surface area contributed by atoms with E-state index in [1.165, 1.54) is 0 Å². The zero-order chi connectivity index (χ0) is 26.3. The molecule has 1 N–H and O–H groups in total. The van der Waals surface area contributed by atoms with Crippen LogP contribution in [0, 0.1) is 0 Å². The first kappa shape index (κ1) is 26.3. The minimum absolute atomic E-state index is 0.0660. The van der Waals surface area contributed by atoms with Gasteiger partial charge in [0.05, 0.1) is 0 Å². The van der Waals surface area contributed by atoms with Crippen molar-refractivity contribution in [1.82, 2.24) is 10.2 Å². The van der Waals surface area contributed by atoms with Gasteiger partial charge in [0.25, 0.3) is 0 Å². The van der Waals surface area contributed by atoms with Crippen LogP contribution in [-0.2, 0) is 29.0 Å². The molecule has 1 atom stereocenters. The summed E-state index contributed by atoms with van der Waals surface area (Å²) in [6, 6.07) is 24.9. The van der Waals surface area contributed by atoms with Gasteiger partial charge < -0.3 is 19.7 Å². The van der Waals surface area contributed by atoms with Crippen molar-refractivity contribution < 1.29 is 19.1 Å². The van der Waals surface area contributed by atoms with Crippen LogP contribution in [0.3, 0.4) is 0 Å². The Morgan fingerprint density at radius 1 is 0.838 bits per heavy atom. The van der Waals surface area contributed by atoms with E-state index in [-0.39, 0.29) is 18.2 Å². The Bertz CT molecular complexity index is 1190. The molecule has 0 bridgehead atoms. The molecule has 37 heavy (non-hydrogen) atoms. The molecule has 0 saturated heterocycles. The number of fused-ring (bicyclic) bond motifs is 1. The topological polar surface area (TPSA) is 67.9 Å². The van der Waals surface area contributed by atoms with Crippen molar-refractivity contribution in [3.63, 3.8) is 0 Å². The lowest BCUT2D eigenvalue weighted by atomic mass is 9.99. The molecule has 0 saturated carbocycles. The second kappa shape index (κ2) is 12.0. The first-order valence-corrected chi connectivity index (χ1v) is 12.9. The number of aryl methyl sites for hydroxylation is 1. The highest BCUT2D eigenvalue weighted by Crippen LogP contribution is 2.31. The number of amides is 2. The minimum atomic E-state index is -0.644. The third-order valence-electron chi connectivity index (χ3n) is 6.20. The average molecular weight is 501 g/mol. The average Bonchev–Trinajstić information content (AvgIpc) is 2.89. The molecule has 0 fully saturated rings. The quantitative estimate of drug-likeness (QED) is 0.452. The summed E-state index contributed by atoms with van der Waals surface area (Å²) in [6.45, 7) is 7.28. The molecule has 0 aromatic heterocycles. The molecular formula is C31H36N2O4. The van der Waals surface area contributed by atoms with Gasteiger partial charge in [-0.3, -0.25) is 9.59 Å². The molecule has 2 amide bonds. The summed E-state index contributed by atoms with van der Waals surface area (Å²) in [5.74, 6) is 1.22. The summed E-state index contributed by atoms with van der Waals surface area (Å²) in [4.78, 5) is 29.1. The van der Waals surface area contributed by atoms with E-state index in [0.29, 0.717) is 38.3 Å². The van der Waals surface area contributed by atoms with Crippen LogP contribution in [0.15, 0.2) is 78.9 Å². The zero-order valence-electron chi connectivity index (χ0n) is 21.9. The largest absolute Gasteiger partial charge is 0.486 e. The fourth-order valence-electron chi connectivity index (χ4n) is 4.43. The Morgan fingerprint density at radius 2 is 1.46 bits per heavy atom. The van der Waals surface area contributed by atoms with Crippen LogP contribution in [0.2, 0.25) is 0 Å². The lowest BCUT2D eigenvalue weighted by molar-refractivity contribution is -0.141. The van der Waals surface area contributed by atoms with E-state index in [2.05, 4.69) is 5.32 Å². The van der Waals surface area contributed by atoms with Crippen LogP contribution < -0.4 is 14.8 Å². The van der Waals surface area contributed by atoms with Gasteiger partial charge in [-0.15, -0.1) is 0 Å². The smallest absolute Gasteiger partial charge is 0.243 e. The first-order valence-electron chi connectivity index (χ1n) is 12.9. The first-order chi connectivity index (χ1) is 17.8. The number of hydrogen-bond acceptors (Lipinski definition) is 4. The van der Waals surface area contributed by atoms with Crippen molar-refractivity contribution in [1.29, 1.82) is 0 Å². The molecule has 0 unspecified atom stereocenters. The van der Waals surface area contributed by atoms with Crippen LogP contribution in [0.4, 0.5) is 0 Å². The van der Waals surface area contributed by atoms with E-state index in [0.717, 1.165) is 22.4 Å². The van der Waals surface area contributed by atoms with Gasteiger partial charge in [0.15, 0.2) is 11.5 Å². The molecule has 1 heterocycles. The number of hydrogen-bond donors (Lipinski definition) is 1. The van der Waals surface area contributed by atoms with Crippen LogP contribution in [0.5, 0.6) is 11.5 Å². The molecule has 0 radical (unpaired) electrons. The summed E-state index contributed by atoms with van der Waals surface area (Å²) in [5, 5.41) is 3.11. The molecule has 6 nitrogen and oxygen atoms in total. The molecule has 3 aromatic rings. The second-order valence-corrected chi connectivity index (χ2v) is 10.4. The molecule has 6 heteroatoms. The Morgan fingerprint density at radius 3 is 2.11 bits per heavy atom. The van der Waals surface area contributed by atoms with Gasteiger partial charge in [0, 0.05) is 24.9 Å². The Labute approximate surface area is 219 Å². The van der Waals surface area contributed by atoms with Crippen LogP contribution in [0.1, 0.15) is 43.9 Å². The standard InChI is InChI=1S/C31H36N2O4/c1-31(2,3)32-30(35)26(20-23-10-6-4-7-11-23)33(22-25-12-8-5-9-13-25)29(34)17-15-24-14-16-27-28(21-24)37-19-18-36-27/h4-14,16,21,26H,15,17-20,22H2,1-3H3,(H,32,35)/t26-/m0/s1. The van der Waals surface area contributed by atoms with Gasteiger partial charge in [-0.05, 0) is 56.0 Å². The summed E-state index contributed by atoms with van der Waals surface area (Å²) < 4.78 is 11.3. The zero-order valence-corrected chi connectivity index (χ0v) is 21.9. The van der Waals surface area contributed by atoms with Crippen molar-refractivity contribution in [2.24, 2.45) is 0 Å². The van der Waals surface area contributed by atoms with E-state index >= 15 is 0 Å². The Hall–Kier alpha value is -3.80. The predicted octanol–water partition coefficient (Wildman–Crippen LogP) is 4.95. The number of rotatable bonds is 9. The van der Waals surface area contributed by atoms with E-state index in [4.69, 9.17) is 9.47 Å². The Kier molecular flexibility index (Phi) is 8.49. The molecular weight excluding hydrogens is 464 g/mol. The van der Waals surface area contributed by atoms with E-state index in [9.17, 15) is 9.59 Å². The molecule has 1 aliphatic rings. The summed E-state index contributed by atoms with van der Waals surface area (Å²) >= 11 is 0. The number of nitrogens with one attached hydrogen (secondary N) is 1. The van der Waals surface area contributed by atoms with Crippen LogP contribution in [0.25, 0.3) is 0 Å². The maximum Gasteiger partial charge on any atom is 0.243 e. The van der Waals surface area contributed by atoms with Gasteiger partial charge in [-0.2, -0.15) is 0 Å². The predicted molar refractivity (Wildman–Crippen MR) is 145 cm³/mol. The highest BCUT2D eigenvalue weighted by Gasteiger charge is 2.32. The lowest BCUT2D eigenvalue weighted by Gasteiger charge is -2.34. The minimum Gasteiger partial charge on any atom is -0.486 e.